The fourth-order valence-corrected chi connectivity index (χ4v) is 2.19. The lowest BCUT2D eigenvalue weighted by molar-refractivity contribution is 0.514. The molecule has 0 spiro atoms. The van der Waals surface area contributed by atoms with Gasteiger partial charge in [-0.1, -0.05) is 34.1 Å². The molecule has 21 heavy (non-hydrogen) atoms. The molecule has 0 aliphatic carbocycles. The second kappa shape index (κ2) is 6.05. The molecule has 0 saturated carbocycles. The Kier molecular flexibility index (Phi) is 3.96. The molecule has 1 aromatic heterocycles. The highest BCUT2D eigenvalue weighted by Gasteiger charge is 2.09. The zero-order valence-electron chi connectivity index (χ0n) is 10.9. The standard InChI is InChI=1S/C15H11BrFN3O/c16-11-6-7-12(17)13(8-11)18-9-14-19-20-15(21-14)10-4-2-1-3-5-10/h1-8,18H,9H2. The minimum atomic E-state index is -0.332. The molecule has 3 rings (SSSR count). The van der Waals surface area contributed by atoms with Gasteiger partial charge in [0.05, 0.1) is 12.2 Å². The number of anilines is 1. The Morgan fingerprint density at radius 1 is 1.10 bits per heavy atom. The number of aromatic nitrogens is 2. The Hall–Kier alpha value is -2.21. The van der Waals surface area contributed by atoms with Gasteiger partial charge >= 0.3 is 0 Å². The predicted molar refractivity (Wildman–Crippen MR) is 81.2 cm³/mol. The molecule has 106 valence electrons. The second-order valence-electron chi connectivity index (χ2n) is 4.34. The van der Waals surface area contributed by atoms with E-state index in [9.17, 15) is 4.39 Å². The summed E-state index contributed by atoms with van der Waals surface area (Å²) in [6.45, 7) is 0.257. The first-order valence-electron chi connectivity index (χ1n) is 6.29. The van der Waals surface area contributed by atoms with Crippen LogP contribution in [0.15, 0.2) is 57.4 Å². The summed E-state index contributed by atoms with van der Waals surface area (Å²) in [5, 5.41) is 10.9. The summed E-state index contributed by atoms with van der Waals surface area (Å²) in [4.78, 5) is 0. The number of halogens is 2. The summed E-state index contributed by atoms with van der Waals surface area (Å²) >= 11 is 3.30. The van der Waals surface area contributed by atoms with Crippen LogP contribution in [0, 0.1) is 5.82 Å². The van der Waals surface area contributed by atoms with Gasteiger partial charge < -0.3 is 9.73 Å². The van der Waals surface area contributed by atoms with Crippen LogP contribution in [0.2, 0.25) is 0 Å². The van der Waals surface area contributed by atoms with Gasteiger partial charge in [-0.3, -0.25) is 0 Å². The van der Waals surface area contributed by atoms with Crippen molar-refractivity contribution in [2.24, 2.45) is 0 Å². The Bertz CT molecular complexity index is 746. The summed E-state index contributed by atoms with van der Waals surface area (Å²) in [5.41, 5.74) is 1.23. The molecule has 1 heterocycles. The monoisotopic (exact) mass is 347 g/mol. The molecule has 2 aromatic carbocycles. The highest BCUT2D eigenvalue weighted by Crippen LogP contribution is 2.21. The fraction of sp³-hybridized carbons (Fsp3) is 0.0667. The van der Waals surface area contributed by atoms with E-state index in [0.29, 0.717) is 17.5 Å². The van der Waals surface area contributed by atoms with E-state index in [4.69, 9.17) is 4.42 Å². The number of rotatable bonds is 4. The SMILES string of the molecule is Fc1ccc(Br)cc1NCc1nnc(-c2ccccc2)o1. The van der Waals surface area contributed by atoms with Crippen molar-refractivity contribution in [1.29, 1.82) is 0 Å². The minimum absolute atomic E-state index is 0.257. The molecule has 0 bridgehead atoms. The lowest BCUT2D eigenvalue weighted by Crippen LogP contribution is -2.01. The Labute approximate surface area is 129 Å². The lowest BCUT2D eigenvalue weighted by atomic mass is 10.2. The van der Waals surface area contributed by atoms with Crippen LogP contribution in [0.4, 0.5) is 10.1 Å². The molecular weight excluding hydrogens is 337 g/mol. The zero-order valence-corrected chi connectivity index (χ0v) is 12.5. The molecule has 0 atom stereocenters. The first-order chi connectivity index (χ1) is 10.2. The van der Waals surface area contributed by atoms with Crippen molar-refractivity contribution in [3.8, 4) is 11.5 Å². The molecule has 0 aliphatic heterocycles. The number of hydrogen-bond acceptors (Lipinski definition) is 4. The summed E-state index contributed by atoms with van der Waals surface area (Å²) in [7, 11) is 0. The minimum Gasteiger partial charge on any atom is -0.419 e. The van der Waals surface area contributed by atoms with E-state index in [1.165, 1.54) is 6.07 Å². The van der Waals surface area contributed by atoms with Crippen molar-refractivity contribution < 1.29 is 8.81 Å². The molecule has 0 amide bonds. The Morgan fingerprint density at radius 2 is 1.90 bits per heavy atom. The highest BCUT2D eigenvalue weighted by atomic mass is 79.9. The third kappa shape index (κ3) is 3.28. The van der Waals surface area contributed by atoms with Gasteiger partial charge in [-0.05, 0) is 30.3 Å². The predicted octanol–water partition coefficient (Wildman–Crippen LogP) is 4.25. The van der Waals surface area contributed by atoms with Crippen molar-refractivity contribution in [3.05, 3.63) is 64.7 Å². The van der Waals surface area contributed by atoms with Gasteiger partial charge in [0.15, 0.2) is 0 Å². The molecule has 0 saturated heterocycles. The van der Waals surface area contributed by atoms with Crippen LogP contribution in [-0.2, 0) is 6.54 Å². The van der Waals surface area contributed by atoms with Gasteiger partial charge in [0.25, 0.3) is 0 Å². The molecule has 0 unspecified atom stereocenters. The number of nitrogens with one attached hydrogen (secondary N) is 1. The molecule has 6 heteroatoms. The molecule has 4 nitrogen and oxygen atoms in total. The molecule has 0 fully saturated rings. The normalized spacial score (nSPS) is 10.6. The molecule has 0 radical (unpaired) electrons. The summed E-state index contributed by atoms with van der Waals surface area (Å²) in [5.74, 6) is 0.511. The smallest absolute Gasteiger partial charge is 0.247 e. The van der Waals surface area contributed by atoms with E-state index < -0.39 is 0 Å². The first-order valence-corrected chi connectivity index (χ1v) is 7.08. The van der Waals surface area contributed by atoms with Crippen molar-refractivity contribution in [2.75, 3.05) is 5.32 Å². The third-order valence-electron chi connectivity index (χ3n) is 2.85. The van der Waals surface area contributed by atoms with Crippen LogP contribution < -0.4 is 5.32 Å². The maximum atomic E-state index is 13.6. The average Bonchev–Trinajstić information content (AvgIpc) is 2.98. The van der Waals surface area contributed by atoms with E-state index >= 15 is 0 Å². The first kappa shape index (κ1) is 13.8. The van der Waals surface area contributed by atoms with Gasteiger partial charge in [0.1, 0.15) is 5.82 Å². The van der Waals surface area contributed by atoms with Gasteiger partial charge in [0, 0.05) is 10.0 Å². The lowest BCUT2D eigenvalue weighted by Gasteiger charge is -2.05. The molecule has 1 N–H and O–H groups in total. The second-order valence-corrected chi connectivity index (χ2v) is 5.26. The molecule has 0 aliphatic rings. The largest absolute Gasteiger partial charge is 0.419 e. The summed E-state index contributed by atoms with van der Waals surface area (Å²) < 4.78 is 19.9. The number of nitrogens with zero attached hydrogens (tertiary/aromatic N) is 2. The Morgan fingerprint density at radius 3 is 2.71 bits per heavy atom. The zero-order chi connectivity index (χ0) is 14.7. The van der Waals surface area contributed by atoms with Crippen LogP contribution in [0.5, 0.6) is 0 Å². The topological polar surface area (TPSA) is 51.0 Å². The van der Waals surface area contributed by atoms with Crippen LogP contribution in [0.1, 0.15) is 5.89 Å². The van der Waals surface area contributed by atoms with Crippen LogP contribution in [0.3, 0.4) is 0 Å². The van der Waals surface area contributed by atoms with Gasteiger partial charge in [0.2, 0.25) is 11.8 Å². The van der Waals surface area contributed by atoms with Crippen LogP contribution in [-0.4, -0.2) is 10.2 Å². The van der Waals surface area contributed by atoms with E-state index in [1.807, 2.05) is 30.3 Å². The summed E-state index contributed by atoms with van der Waals surface area (Å²) in [6.07, 6.45) is 0. The van der Waals surface area contributed by atoms with E-state index in [1.54, 1.807) is 12.1 Å². The number of hydrogen-bond donors (Lipinski definition) is 1. The quantitative estimate of drug-likeness (QED) is 0.766. The average molecular weight is 348 g/mol. The van der Waals surface area contributed by atoms with Crippen molar-refractivity contribution in [2.45, 2.75) is 6.54 Å². The van der Waals surface area contributed by atoms with Gasteiger partial charge in [-0.15, -0.1) is 10.2 Å². The van der Waals surface area contributed by atoms with Crippen LogP contribution in [0.25, 0.3) is 11.5 Å². The molecule has 3 aromatic rings. The van der Waals surface area contributed by atoms with E-state index in [2.05, 4.69) is 31.4 Å². The van der Waals surface area contributed by atoms with E-state index in [0.717, 1.165) is 10.0 Å². The van der Waals surface area contributed by atoms with Crippen molar-refractivity contribution >= 4 is 21.6 Å². The highest BCUT2D eigenvalue weighted by molar-refractivity contribution is 9.10. The maximum absolute atomic E-state index is 13.6. The van der Waals surface area contributed by atoms with Gasteiger partial charge in [-0.25, -0.2) is 4.39 Å². The van der Waals surface area contributed by atoms with Crippen molar-refractivity contribution in [1.82, 2.24) is 10.2 Å². The maximum Gasteiger partial charge on any atom is 0.247 e. The fourth-order valence-electron chi connectivity index (χ4n) is 1.83. The van der Waals surface area contributed by atoms with Crippen molar-refractivity contribution in [3.63, 3.8) is 0 Å². The van der Waals surface area contributed by atoms with Gasteiger partial charge in [-0.2, -0.15) is 0 Å². The molecular formula is C15H11BrFN3O. The third-order valence-corrected chi connectivity index (χ3v) is 3.34. The summed E-state index contributed by atoms with van der Waals surface area (Å²) in [6, 6.07) is 14.2. The Balaban J connectivity index is 1.72. The van der Waals surface area contributed by atoms with Crippen LogP contribution >= 0.6 is 15.9 Å². The number of benzene rings is 2. The van der Waals surface area contributed by atoms with E-state index in [-0.39, 0.29) is 12.4 Å².